The van der Waals surface area contributed by atoms with Crippen molar-refractivity contribution in [2.45, 2.75) is 25.2 Å². The van der Waals surface area contributed by atoms with Crippen molar-refractivity contribution < 1.29 is 22.4 Å². The second kappa shape index (κ2) is 8.31. The Morgan fingerprint density at radius 3 is 2.39 bits per heavy atom. The van der Waals surface area contributed by atoms with Gasteiger partial charge in [0.05, 0.1) is 23.9 Å². The highest BCUT2D eigenvalue weighted by molar-refractivity contribution is 5.94. The quantitative estimate of drug-likeness (QED) is 0.625. The van der Waals surface area contributed by atoms with E-state index < -0.39 is 23.7 Å². The van der Waals surface area contributed by atoms with Crippen LogP contribution < -0.4 is 10.6 Å². The molecule has 0 aliphatic carbocycles. The molecule has 7 heteroatoms. The van der Waals surface area contributed by atoms with Gasteiger partial charge in [-0.05, 0) is 42.8 Å². The lowest BCUT2D eigenvalue weighted by Crippen LogP contribution is -2.40. The first-order valence-electron chi connectivity index (χ1n) is 8.67. The van der Waals surface area contributed by atoms with E-state index in [1.165, 1.54) is 12.1 Å². The third-order valence-electron chi connectivity index (χ3n) is 4.23. The fourth-order valence-corrected chi connectivity index (χ4v) is 2.79. The van der Waals surface area contributed by atoms with Gasteiger partial charge in [-0.3, -0.25) is 10.1 Å². The van der Waals surface area contributed by atoms with Crippen LogP contribution >= 0.6 is 0 Å². The van der Waals surface area contributed by atoms with Crippen LogP contribution in [0.3, 0.4) is 0 Å². The molecule has 0 saturated carbocycles. The van der Waals surface area contributed by atoms with E-state index in [-0.39, 0.29) is 11.7 Å². The van der Waals surface area contributed by atoms with E-state index in [4.69, 9.17) is 4.42 Å². The van der Waals surface area contributed by atoms with E-state index in [0.29, 0.717) is 5.76 Å². The molecule has 0 aliphatic rings. The minimum atomic E-state index is -4.47. The first kappa shape index (κ1) is 19.7. The average molecular weight is 388 g/mol. The summed E-state index contributed by atoms with van der Waals surface area (Å²) in [5.41, 5.74) is 0.169. The third-order valence-corrected chi connectivity index (χ3v) is 4.23. The van der Waals surface area contributed by atoms with Crippen LogP contribution in [0.15, 0.2) is 77.4 Å². The molecular formula is C21H19F3N2O2. The Hall–Kier alpha value is -3.06. The van der Waals surface area contributed by atoms with Crippen molar-refractivity contribution in [1.29, 1.82) is 0 Å². The molecular weight excluding hydrogens is 369 g/mol. The summed E-state index contributed by atoms with van der Waals surface area (Å²) in [6, 6.07) is 16.5. The smallest absolute Gasteiger partial charge is 0.416 e. The maximum atomic E-state index is 12.8. The van der Waals surface area contributed by atoms with Gasteiger partial charge in [0.15, 0.2) is 0 Å². The van der Waals surface area contributed by atoms with E-state index in [0.717, 1.165) is 17.7 Å². The highest BCUT2D eigenvalue weighted by Crippen LogP contribution is 2.30. The zero-order chi connectivity index (χ0) is 20.1. The normalized spacial score (nSPS) is 13.7. The second-order valence-electron chi connectivity index (χ2n) is 6.32. The highest BCUT2D eigenvalue weighted by atomic mass is 19.4. The lowest BCUT2D eigenvalue weighted by Gasteiger charge is -2.22. The minimum absolute atomic E-state index is 0.0859. The standard InChI is InChI=1S/C21H19F3N2O2/c1-14(20(27)26-17-10-5-9-16(13-17)21(22,23)24)25-19(18-11-6-12-28-18)15-7-3-2-4-8-15/h2-14,19,25H,1H3,(H,26,27)/t14-,19+/m0/s1. The molecule has 28 heavy (non-hydrogen) atoms. The van der Waals surface area contributed by atoms with Gasteiger partial charge in [-0.15, -0.1) is 0 Å². The van der Waals surface area contributed by atoms with E-state index in [9.17, 15) is 18.0 Å². The minimum Gasteiger partial charge on any atom is -0.467 e. The van der Waals surface area contributed by atoms with Gasteiger partial charge in [0, 0.05) is 5.69 Å². The van der Waals surface area contributed by atoms with Crippen molar-refractivity contribution in [3.05, 3.63) is 89.9 Å². The Balaban J connectivity index is 1.74. The average Bonchev–Trinajstić information content (AvgIpc) is 3.20. The molecule has 0 fully saturated rings. The summed E-state index contributed by atoms with van der Waals surface area (Å²) in [5.74, 6) is 0.178. The number of carbonyl (C=O) groups excluding carboxylic acids is 1. The first-order chi connectivity index (χ1) is 13.3. The molecule has 2 N–H and O–H groups in total. The Bertz CT molecular complexity index is 909. The largest absolute Gasteiger partial charge is 0.467 e. The molecule has 0 spiro atoms. The van der Waals surface area contributed by atoms with Crippen LogP contribution in [0, 0.1) is 0 Å². The number of benzene rings is 2. The van der Waals surface area contributed by atoms with Crippen LogP contribution in [0.2, 0.25) is 0 Å². The van der Waals surface area contributed by atoms with Gasteiger partial charge in [-0.2, -0.15) is 13.2 Å². The van der Waals surface area contributed by atoms with Crippen molar-refractivity contribution in [3.63, 3.8) is 0 Å². The molecule has 1 amide bonds. The molecule has 0 radical (unpaired) electrons. The Morgan fingerprint density at radius 2 is 1.75 bits per heavy atom. The number of halogens is 3. The van der Waals surface area contributed by atoms with Crippen LogP contribution in [0.1, 0.15) is 29.9 Å². The first-order valence-corrected chi connectivity index (χ1v) is 8.67. The summed E-state index contributed by atoms with van der Waals surface area (Å²) in [6.45, 7) is 1.64. The predicted octanol–water partition coefficient (Wildman–Crippen LogP) is 5.00. The van der Waals surface area contributed by atoms with Gasteiger partial charge < -0.3 is 9.73 Å². The molecule has 1 heterocycles. The number of hydrogen-bond acceptors (Lipinski definition) is 3. The fraction of sp³-hybridized carbons (Fsp3) is 0.190. The molecule has 0 unspecified atom stereocenters. The topological polar surface area (TPSA) is 54.3 Å². The molecule has 0 bridgehead atoms. The number of hydrogen-bond donors (Lipinski definition) is 2. The number of nitrogens with one attached hydrogen (secondary N) is 2. The van der Waals surface area contributed by atoms with Crippen molar-refractivity contribution >= 4 is 11.6 Å². The molecule has 3 rings (SSSR count). The Labute approximate surface area is 160 Å². The molecule has 146 valence electrons. The molecule has 2 atom stereocenters. The lowest BCUT2D eigenvalue weighted by molar-refractivity contribution is -0.137. The summed E-state index contributed by atoms with van der Waals surface area (Å²) in [4.78, 5) is 12.5. The molecule has 1 aromatic heterocycles. The summed E-state index contributed by atoms with van der Waals surface area (Å²) in [5, 5.41) is 5.70. The van der Waals surface area contributed by atoms with Crippen LogP contribution in [0.4, 0.5) is 18.9 Å². The van der Waals surface area contributed by atoms with Crippen molar-refractivity contribution in [2.75, 3.05) is 5.32 Å². The zero-order valence-electron chi connectivity index (χ0n) is 15.0. The second-order valence-corrected chi connectivity index (χ2v) is 6.32. The van der Waals surface area contributed by atoms with Crippen molar-refractivity contribution in [2.24, 2.45) is 0 Å². The summed E-state index contributed by atoms with van der Waals surface area (Å²) in [6.07, 6.45) is -2.93. The maximum absolute atomic E-state index is 12.8. The van der Waals surface area contributed by atoms with Crippen molar-refractivity contribution in [3.8, 4) is 0 Å². The summed E-state index contributed by atoms with van der Waals surface area (Å²) >= 11 is 0. The van der Waals surface area contributed by atoms with Crippen LogP contribution in [0.25, 0.3) is 0 Å². The number of amides is 1. The van der Waals surface area contributed by atoms with Gasteiger partial charge in [-0.25, -0.2) is 0 Å². The molecule has 4 nitrogen and oxygen atoms in total. The predicted molar refractivity (Wildman–Crippen MR) is 99.7 cm³/mol. The Morgan fingerprint density at radius 1 is 1.00 bits per heavy atom. The van der Waals surface area contributed by atoms with Gasteiger partial charge in [-0.1, -0.05) is 36.4 Å². The SMILES string of the molecule is C[C@H](N[C@H](c1ccccc1)c1ccco1)C(=O)Nc1cccc(C(F)(F)F)c1. The van der Waals surface area contributed by atoms with Crippen molar-refractivity contribution in [1.82, 2.24) is 5.32 Å². The molecule has 0 aliphatic heterocycles. The van der Waals surface area contributed by atoms with E-state index >= 15 is 0 Å². The monoisotopic (exact) mass is 388 g/mol. The van der Waals surface area contributed by atoms with Crippen LogP contribution in [-0.4, -0.2) is 11.9 Å². The number of furan rings is 1. The summed E-state index contributed by atoms with van der Waals surface area (Å²) in [7, 11) is 0. The molecule has 0 saturated heterocycles. The van der Waals surface area contributed by atoms with E-state index in [1.54, 1.807) is 25.3 Å². The number of alkyl halides is 3. The van der Waals surface area contributed by atoms with E-state index in [1.807, 2.05) is 30.3 Å². The van der Waals surface area contributed by atoms with Gasteiger partial charge >= 0.3 is 6.18 Å². The lowest BCUT2D eigenvalue weighted by atomic mass is 10.0. The fourth-order valence-electron chi connectivity index (χ4n) is 2.79. The van der Waals surface area contributed by atoms with Gasteiger partial charge in [0.25, 0.3) is 0 Å². The molecule has 3 aromatic rings. The highest BCUT2D eigenvalue weighted by Gasteiger charge is 2.30. The maximum Gasteiger partial charge on any atom is 0.416 e. The number of anilines is 1. The van der Waals surface area contributed by atoms with Gasteiger partial charge in [0.2, 0.25) is 5.91 Å². The number of rotatable bonds is 6. The number of carbonyl (C=O) groups is 1. The van der Waals surface area contributed by atoms with Crippen LogP contribution in [0.5, 0.6) is 0 Å². The van der Waals surface area contributed by atoms with E-state index in [2.05, 4.69) is 10.6 Å². The zero-order valence-corrected chi connectivity index (χ0v) is 15.0. The molecule has 2 aromatic carbocycles. The Kier molecular flexibility index (Phi) is 5.84. The summed E-state index contributed by atoms with van der Waals surface area (Å²) < 4.78 is 44.0. The van der Waals surface area contributed by atoms with Gasteiger partial charge in [0.1, 0.15) is 5.76 Å². The third kappa shape index (κ3) is 4.80. The van der Waals surface area contributed by atoms with Crippen LogP contribution in [-0.2, 0) is 11.0 Å².